The van der Waals surface area contributed by atoms with Gasteiger partial charge in [-0.05, 0) is 49.7 Å². The molecular formula is C25H30N2O7. The van der Waals surface area contributed by atoms with Gasteiger partial charge in [-0.15, -0.1) is 0 Å². The molecule has 3 heterocycles. The van der Waals surface area contributed by atoms with Crippen LogP contribution in [0.25, 0.3) is 11.3 Å². The number of hydrogen-bond donors (Lipinski definition) is 3. The number of nitroso groups, excluding NO2 is 1. The van der Waals surface area contributed by atoms with Gasteiger partial charge in [-0.3, -0.25) is 4.98 Å². The largest absolute Gasteiger partial charge is 0.484 e. The normalized spacial score (nSPS) is 40.9. The molecule has 9 heteroatoms. The summed E-state index contributed by atoms with van der Waals surface area (Å²) in [5.41, 5.74) is -2.81. The van der Waals surface area contributed by atoms with E-state index in [2.05, 4.69) is 10.2 Å². The van der Waals surface area contributed by atoms with E-state index < -0.39 is 46.2 Å². The molecule has 0 radical (unpaired) electrons. The Balaban J connectivity index is 1.65. The Morgan fingerprint density at radius 2 is 2.03 bits per heavy atom. The van der Waals surface area contributed by atoms with Crippen molar-refractivity contribution in [1.82, 2.24) is 4.98 Å². The van der Waals surface area contributed by atoms with E-state index in [4.69, 9.17) is 9.15 Å². The first-order valence-corrected chi connectivity index (χ1v) is 11.7. The van der Waals surface area contributed by atoms with E-state index in [1.807, 2.05) is 13.8 Å². The number of rotatable bonds is 3. The highest BCUT2D eigenvalue weighted by Gasteiger charge is 2.69. The van der Waals surface area contributed by atoms with Crippen molar-refractivity contribution in [3.05, 3.63) is 51.5 Å². The lowest BCUT2D eigenvalue weighted by atomic mass is 9.42. The molecule has 3 aliphatic rings. The molecule has 1 aliphatic heterocycles. The van der Waals surface area contributed by atoms with Crippen LogP contribution in [0, 0.1) is 27.6 Å². The van der Waals surface area contributed by atoms with Crippen LogP contribution < -0.4 is 10.4 Å². The predicted molar refractivity (Wildman–Crippen MR) is 122 cm³/mol. The third kappa shape index (κ3) is 2.96. The summed E-state index contributed by atoms with van der Waals surface area (Å²) in [6.45, 7) is 5.29. The number of aliphatic hydroxyl groups excluding tert-OH is 3. The molecule has 8 unspecified atom stereocenters. The quantitative estimate of drug-likeness (QED) is 0.581. The SMILES string of the molecule is CC1(CO)C(N=O)CCC2(C)C1CC(O)C1(C)Oc3cc(-c4cccnc4)oc(=O)c3C(O)C21. The van der Waals surface area contributed by atoms with Crippen molar-refractivity contribution in [2.75, 3.05) is 6.61 Å². The number of pyridine rings is 1. The standard InChI is InChI=1S/C25H30N2O7/c1-23-7-6-17(27-32)24(2,12-28)16(23)10-18(29)25(3)21(23)20(30)19-15(34-25)9-14(33-22(19)31)13-5-4-8-26-11-13/h4-5,8-9,11,16-18,20-21,28-30H,6-7,10,12H2,1-3H3. The molecule has 8 atom stereocenters. The fourth-order valence-electron chi connectivity index (χ4n) is 7.25. The van der Waals surface area contributed by atoms with Gasteiger partial charge >= 0.3 is 5.63 Å². The van der Waals surface area contributed by atoms with Gasteiger partial charge in [-0.1, -0.05) is 19.0 Å². The van der Waals surface area contributed by atoms with Crippen LogP contribution >= 0.6 is 0 Å². The second-order valence-electron chi connectivity index (χ2n) is 10.8. The number of ether oxygens (including phenoxy) is 1. The fraction of sp³-hybridized carbons (Fsp3) is 0.600. The summed E-state index contributed by atoms with van der Waals surface area (Å²) in [5, 5.41) is 36.6. The smallest absolute Gasteiger partial charge is 0.345 e. The van der Waals surface area contributed by atoms with Crippen LogP contribution in [0.15, 0.2) is 45.0 Å². The molecule has 2 aliphatic carbocycles. The minimum absolute atomic E-state index is 0.0190. The van der Waals surface area contributed by atoms with E-state index in [1.165, 1.54) is 0 Å². The van der Waals surface area contributed by atoms with Crippen molar-refractivity contribution in [3.63, 3.8) is 0 Å². The highest BCUT2D eigenvalue weighted by Crippen LogP contribution is 2.67. The van der Waals surface area contributed by atoms with Crippen LogP contribution in [0.5, 0.6) is 5.75 Å². The average Bonchev–Trinajstić information content (AvgIpc) is 2.81. The molecule has 0 saturated heterocycles. The van der Waals surface area contributed by atoms with Gasteiger partial charge in [0.2, 0.25) is 0 Å². The average molecular weight is 471 g/mol. The highest BCUT2D eigenvalue weighted by atomic mass is 16.5. The second kappa shape index (κ2) is 7.69. The van der Waals surface area contributed by atoms with Crippen molar-refractivity contribution >= 4 is 0 Å². The molecule has 34 heavy (non-hydrogen) atoms. The molecule has 182 valence electrons. The molecule has 0 bridgehead atoms. The topological polar surface area (TPSA) is 142 Å². The molecule has 5 rings (SSSR count). The molecule has 2 fully saturated rings. The molecule has 2 aromatic rings. The van der Waals surface area contributed by atoms with Crippen molar-refractivity contribution in [1.29, 1.82) is 0 Å². The van der Waals surface area contributed by atoms with Gasteiger partial charge < -0.3 is 24.5 Å². The Morgan fingerprint density at radius 3 is 2.68 bits per heavy atom. The summed E-state index contributed by atoms with van der Waals surface area (Å²) in [6, 6.07) is 4.42. The third-order valence-electron chi connectivity index (χ3n) is 9.06. The number of aliphatic hydroxyl groups is 3. The third-order valence-corrected chi connectivity index (χ3v) is 9.06. The minimum Gasteiger partial charge on any atom is -0.484 e. The van der Waals surface area contributed by atoms with E-state index in [9.17, 15) is 25.0 Å². The molecule has 2 aromatic heterocycles. The Hall–Kier alpha value is -2.62. The first kappa shape index (κ1) is 23.1. The lowest BCUT2D eigenvalue weighted by molar-refractivity contribution is -0.251. The van der Waals surface area contributed by atoms with Crippen molar-refractivity contribution in [3.8, 4) is 17.1 Å². The minimum atomic E-state index is -1.26. The van der Waals surface area contributed by atoms with Crippen molar-refractivity contribution < 1.29 is 24.5 Å². The van der Waals surface area contributed by atoms with Gasteiger partial charge in [0.1, 0.15) is 22.7 Å². The summed E-state index contributed by atoms with van der Waals surface area (Å²) in [5.74, 6) is -0.565. The lowest BCUT2D eigenvalue weighted by Crippen LogP contribution is -2.70. The van der Waals surface area contributed by atoms with Crippen LogP contribution in [0.4, 0.5) is 0 Å². The molecule has 0 aromatic carbocycles. The maximum absolute atomic E-state index is 13.1. The van der Waals surface area contributed by atoms with Crippen LogP contribution in [-0.4, -0.2) is 44.7 Å². The van der Waals surface area contributed by atoms with E-state index in [-0.39, 0.29) is 36.0 Å². The van der Waals surface area contributed by atoms with Gasteiger partial charge in [-0.25, -0.2) is 4.79 Å². The van der Waals surface area contributed by atoms with Gasteiger partial charge in [0, 0.05) is 35.4 Å². The van der Waals surface area contributed by atoms with Gasteiger partial charge in [0.15, 0.2) is 0 Å². The summed E-state index contributed by atoms with van der Waals surface area (Å²) < 4.78 is 11.9. The Labute approximate surface area is 196 Å². The van der Waals surface area contributed by atoms with E-state index in [0.717, 1.165) is 0 Å². The van der Waals surface area contributed by atoms with Crippen LogP contribution in [-0.2, 0) is 0 Å². The van der Waals surface area contributed by atoms with Gasteiger partial charge in [0.25, 0.3) is 0 Å². The van der Waals surface area contributed by atoms with Gasteiger partial charge in [0.05, 0.1) is 24.9 Å². The summed E-state index contributed by atoms with van der Waals surface area (Å²) in [6.07, 6.45) is 2.13. The zero-order valence-electron chi connectivity index (χ0n) is 19.5. The zero-order valence-corrected chi connectivity index (χ0v) is 19.5. The maximum Gasteiger partial charge on any atom is 0.345 e. The predicted octanol–water partition coefficient (Wildman–Crippen LogP) is 2.82. The second-order valence-corrected chi connectivity index (χ2v) is 10.8. The molecular weight excluding hydrogens is 440 g/mol. The van der Waals surface area contributed by atoms with E-state index >= 15 is 0 Å². The fourth-order valence-corrected chi connectivity index (χ4v) is 7.25. The Kier molecular flexibility index (Phi) is 5.24. The Bertz CT molecular complexity index is 1170. The van der Waals surface area contributed by atoms with Crippen LogP contribution in [0.2, 0.25) is 0 Å². The highest BCUT2D eigenvalue weighted by molar-refractivity contribution is 5.59. The first-order valence-electron chi connectivity index (χ1n) is 11.7. The van der Waals surface area contributed by atoms with Crippen LogP contribution in [0.1, 0.15) is 51.7 Å². The first-order chi connectivity index (χ1) is 16.1. The van der Waals surface area contributed by atoms with E-state index in [1.54, 1.807) is 37.5 Å². The van der Waals surface area contributed by atoms with Crippen LogP contribution in [0.3, 0.4) is 0 Å². The summed E-state index contributed by atoms with van der Waals surface area (Å²) in [7, 11) is 0. The van der Waals surface area contributed by atoms with Crippen molar-refractivity contribution in [2.24, 2.45) is 27.8 Å². The summed E-state index contributed by atoms with van der Waals surface area (Å²) >= 11 is 0. The number of nitrogens with zero attached hydrogens (tertiary/aromatic N) is 2. The monoisotopic (exact) mass is 470 g/mol. The molecule has 0 spiro atoms. The number of fused-ring (bicyclic) bond motifs is 4. The summed E-state index contributed by atoms with van der Waals surface area (Å²) in [4.78, 5) is 28.8. The van der Waals surface area contributed by atoms with Crippen molar-refractivity contribution in [2.45, 2.75) is 63.9 Å². The lowest BCUT2D eigenvalue weighted by Gasteiger charge is -2.65. The zero-order chi connectivity index (χ0) is 24.5. The number of aromatic nitrogens is 1. The van der Waals surface area contributed by atoms with E-state index in [0.29, 0.717) is 18.4 Å². The molecule has 9 nitrogen and oxygen atoms in total. The number of hydrogen-bond acceptors (Lipinski definition) is 9. The molecule has 0 amide bonds. The molecule has 3 N–H and O–H groups in total. The van der Waals surface area contributed by atoms with Gasteiger partial charge in [-0.2, -0.15) is 4.91 Å². The molecule has 2 saturated carbocycles. The maximum atomic E-state index is 13.1. The Morgan fingerprint density at radius 1 is 1.26 bits per heavy atom.